The molecule has 1 aromatic heterocycles. The molecule has 1 amide bonds. The first-order chi connectivity index (χ1) is 15.6. The summed E-state index contributed by atoms with van der Waals surface area (Å²) in [4.78, 5) is 16.9. The predicted octanol–water partition coefficient (Wildman–Crippen LogP) is 3.34. The summed E-state index contributed by atoms with van der Waals surface area (Å²) >= 11 is 0. The van der Waals surface area contributed by atoms with E-state index in [4.69, 9.17) is 14.6 Å². The predicted molar refractivity (Wildman–Crippen MR) is 125 cm³/mol. The fraction of sp³-hybridized carbons (Fsp3) is 0.280. The highest BCUT2D eigenvalue weighted by Gasteiger charge is 2.18. The number of likely N-dealkylation sites (N-methyl/N-ethyl adjacent to an activating group) is 1. The van der Waals surface area contributed by atoms with Crippen molar-refractivity contribution in [1.82, 2.24) is 19.6 Å². The number of carbonyl (C=O) groups is 1. The van der Waals surface area contributed by atoms with Crippen molar-refractivity contribution in [3.05, 3.63) is 66.4 Å². The van der Waals surface area contributed by atoms with E-state index in [2.05, 4.69) is 11.9 Å². The van der Waals surface area contributed by atoms with Gasteiger partial charge in [0.15, 0.2) is 11.5 Å². The molecule has 1 fully saturated rings. The first-order valence-corrected chi connectivity index (χ1v) is 10.6. The molecule has 3 aromatic rings. The third-order valence-corrected chi connectivity index (χ3v) is 5.64. The Hall–Kier alpha value is -3.58. The molecule has 0 radical (unpaired) electrons. The number of piperazine rings is 1. The Morgan fingerprint density at radius 2 is 1.69 bits per heavy atom. The molecule has 0 atom stereocenters. The third kappa shape index (κ3) is 4.68. The maximum atomic E-state index is 12.7. The maximum absolute atomic E-state index is 12.7. The Balaban J connectivity index is 1.69. The molecule has 0 aliphatic carbocycles. The van der Waals surface area contributed by atoms with E-state index in [0.717, 1.165) is 48.7 Å². The van der Waals surface area contributed by atoms with Gasteiger partial charge in [-0.25, -0.2) is 4.68 Å². The highest BCUT2D eigenvalue weighted by atomic mass is 16.5. The van der Waals surface area contributed by atoms with E-state index in [1.165, 1.54) is 0 Å². The summed E-state index contributed by atoms with van der Waals surface area (Å²) in [5, 5.41) is 4.82. The molecule has 1 aliphatic rings. The van der Waals surface area contributed by atoms with Gasteiger partial charge in [0, 0.05) is 49.6 Å². The van der Waals surface area contributed by atoms with Gasteiger partial charge >= 0.3 is 0 Å². The fourth-order valence-electron chi connectivity index (χ4n) is 3.72. The second kappa shape index (κ2) is 9.70. The fourth-order valence-corrected chi connectivity index (χ4v) is 3.72. The zero-order chi connectivity index (χ0) is 22.5. The van der Waals surface area contributed by atoms with E-state index in [1.807, 2.05) is 70.4 Å². The maximum Gasteiger partial charge on any atom is 0.246 e. The number of rotatable bonds is 6. The first kappa shape index (κ1) is 21.6. The van der Waals surface area contributed by atoms with E-state index in [1.54, 1.807) is 20.3 Å². The topological polar surface area (TPSA) is 59.8 Å². The van der Waals surface area contributed by atoms with Crippen LogP contribution in [0.25, 0.3) is 23.0 Å². The van der Waals surface area contributed by atoms with Crippen LogP contribution in [0.3, 0.4) is 0 Å². The molecule has 2 aromatic carbocycles. The van der Waals surface area contributed by atoms with Crippen LogP contribution in [-0.2, 0) is 4.79 Å². The van der Waals surface area contributed by atoms with Crippen molar-refractivity contribution in [2.45, 2.75) is 0 Å². The monoisotopic (exact) mass is 432 g/mol. The average molecular weight is 433 g/mol. The smallest absolute Gasteiger partial charge is 0.246 e. The van der Waals surface area contributed by atoms with E-state index >= 15 is 0 Å². The van der Waals surface area contributed by atoms with Crippen LogP contribution in [0.1, 0.15) is 5.56 Å². The molecule has 166 valence electrons. The average Bonchev–Trinajstić information content (AvgIpc) is 3.27. The van der Waals surface area contributed by atoms with E-state index in [0.29, 0.717) is 11.5 Å². The standard InChI is InChI=1S/C25H28N4O3/c1-27-13-15-28(16-14-27)24(30)12-10-20-18-29(21-7-5-4-6-8-21)26-25(20)19-9-11-22(31-2)23(17-19)32-3/h4-12,17-18H,13-16H2,1-3H3. The lowest BCUT2D eigenvalue weighted by atomic mass is 10.1. The van der Waals surface area contributed by atoms with Crippen molar-refractivity contribution >= 4 is 12.0 Å². The molecule has 7 nitrogen and oxygen atoms in total. The Morgan fingerprint density at radius 1 is 0.969 bits per heavy atom. The quantitative estimate of drug-likeness (QED) is 0.559. The van der Waals surface area contributed by atoms with Crippen LogP contribution in [0.4, 0.5) is 0 Å². The zero-order valence-corrected chi connectivity index (χ0v) is 18.7. The zero-order valence-electron chi connectivity index (χ0n) is 18.7. The lowest BCUT2D eigenvalue weighted by molar-refractivity contribution is -0.127. The molecule has 32 heavy (non-hydrogen) atoms. The summed E-state index contributed by atoms with van der Waals surface area (Å²) in [7, 11) is 5.30. The van der Waals surface area contributed by atoms with Gasteiger partial charge in [0.05, 0.1) is 19.9 Å². The highest BCUT2D eigenvalue weighted by Crippen LogP contribution is 2.33. The van der Waals surface area contributed by atoms with Crippen molar-refractivity contribution in [3.8, 4) is 28.4 Å². The molecule has 0 saturated carbocycles. The Bertz CT molecular complexity index is 1100. The number of hydrogen-bond acceptors (Lipinski definition) is 5. The lowest BCUT2D eigenvalue weighted by Gasteiger charge is -2.31. The molecule has 1 saturated heterocycles. The molecule has 0 N–H and O–H groups in total. The molecule has 0 unspecified atom stereocenters. The summed E-state index contributed by atoms with van der Waals surface area (Å²) in [6.07, 6.45) is 5.43. The summed E-state index contributed by atoms with van der Waals surface area (Å²) in [6.45, 7) is 3.27. The number of ether oxygens (including phenoxy) is 2. The van der Waals surface area contributed by atoms with Crippen LogP contribution in [0.2, 0.25) is 0 Å². The number of amides is 1. The van der Waals surface area contributed by atoms with Gasteiger partial charge in [-0.1, -0.05) is 18.2 Å². The number of carbonyl (C=O) groups excluding carboxylic acids is 1. The Kier molecular flexibility index (Phi) is 6.56. The highest BCUT2D eigenvalue weighted by molar-refractivity contribution is 5.93. The summed E-state index contributed by atoms with van der Waals surface area (Å²) in [5.74, 6) is 1.30. The minimum atomic E-state index is 0.0174. The molecular weight excluding hydrogens is 404 g/mol. The van der Waals surface area contributed by atoms with E-state index < -0.39 is 0 Å². The SMILES string of the molecule is COc1ccc(-c2nn(-c3ccccc3)cc2C=CC(=O)N2CCN(C)CC2)cc1OC. The van der Waals surface area contributed by atoms with Gasteiger partial charge in [0.1, 0.15) is 5.69 Å². The molecule has 1 aliphatic heterocycles. The van der Waals surface area contributed by atoms with Crippen molar-refractivity contribution < 1.29 is 14.3 Å². The van der Waals surface area contributed by atoms with Crippen molar-refractivity contribution in [3.63, 3.8) is 0 Å². The number of nitrogens with zero attached hydrogens (tertiary/aromatic N) is 4. The molecule has 2 heterocycles. The minimum absolute atomic E-state index is 0.0174. The van der Waals surface area contributed by atoms with Crippen LogP contribution >= 0.6 is 0 Å². The second-order valence-corrected chi connectivity index (χ2v) is 7.74. The third-order valence-electron chi connectivity index (χ3n) is 5.64. The normalized spacial score (nSPS) is 14.7. The summed E-state index contributed by atoms with van der Waals surface area (Å²) in [5.41, 5.74) is 3.43. The van der Waals surface area contributed by atoms with Gasteiger partial charge in [0.2, 0.25) is 5.91 Å². The van der Waals surface area contributed by atoms with E-state index in [-0.39, 0.29) is 5.91 Å². The number of hydrogen-bond donors (Lipinski definition) is 0. The van der Waals surface area contributed by atoms with E-state index in [9.17, 15) is 4.79 Å². The van der Waals surface area contributed by atoms with Crippen LogP contribution in [0.5, 0.6) is 11.5 Å². The second-order valence-electron chi connectivity index (χ2n) is 7.74. The molecule has 7 heteroatoms. The summed E-state index contributed by atoms with van der Waals surface area (Å²) < 4.78 is 12.7. The van der Waals surface area contributed by atoms with Gasteiger partial charge in [-0.15, -0.1) is 0 Å². The van der Waals surface area contributed by atoms with Crippen LogP contribution in [0.15, 0.2) is 60.8 Å². The Morgan fingerprint density at radius 3 is 2.38 bits per heavy atom. The van der Waals surface area contributed by atoms with Gasteiger partial charge in [-0.2, -0.15) is 5.10 Å². The van der Waals surface area contributed by atoms with Crippen molar-refractivity contribution in [2.75, 3.05) is 47.4 Å². The van der Waals surface area contributed by atoms with Gasteiger partial charge in [-0.05, 0) is 43.5 Å². The first-order valence-electron chi connectivity index (χ1n) is 10.6. The summed E-state index contributed by atoms with van der Waals surface area (Å²) in [6, 6.07) is 15.6. The number of benzene rings is 2. The molecule has 0 spiro atoms. The van der Waals surface area contributed by atoms with Crippen molar-refractivity contribution in [2.24, 2.45) is 0 Å². The van der Waals surface area contributed by atoms with Gasteiger partial charge in [0.25, 0.3) is 0 Å². The molecule has 0 bridgehead atoms. The van der Waals surface area contributed by atoms with Gasteiger partial charge < -0.3 is 19.3 Å². The minimum Gasteiger partial charge on any atom is -0.493 e. The number of methoxy groups -OCH3 is 2. The largest absolute Gasteiger partial charge is 0.493 e. The van der Waals surface area contributed by atoms with Crippen LogP contribution in [-0.4, -0.2) is 72.9 Å². The molecule has 4 rings (SSSR count). The number of para-hydroxylation sites is 1. The number of aromatic nitrogens is 2. The Labute approximate surface area is 188 Å². The lowest BCUT2D eigenvalue weighted by Crippen LogP contribution is -2.46. The van der Waals surface area contributed by atoms with Crippen LogP contribution < -0.4 is 9.47 Å². The van der Waals surface area contributed by atoms with Crippen LogP contribution in [0, 0.1) is 0 Å². The van der Waals surface area contributed by atoms with Crippen molar-refractivity contribution in [1.29, 1.82) is 0 Å². The molecular formula is C25H28N4O3. The van der Waals surface area contributed by atoms with Gasteiger partial charge in [-0.3, -0.25) is 4.79 Å².